The summed E-state index contributed by atoms with van der Waals surface area (Å²) in [6.45, 7) is 0. The second kappa shape index (κ2) is 8.63. The van der Waals surface area contributed by atoms with Gasteiger partial charge < -0.3 is 15.8 Å². The van der Waals surface area contributed by atoms with Crippen LogP contribution in [0.4, 0.5) is 15.9 Å². The number of ether oxygens (including phenoxy) is 1. The molecule has 7 nitrogen and oxygen atoms in total. The molecule has 1 amide bonds. The van der Waals surface area contributed by atoms with Crippen molar-refractivity contribution in [3.63, 3.8) is 0 Å². The van der Waals surface area contributed by atoms with Crippen LogP contribution < -0.4 is 15.8 Å². The third-order valence-corrected chi connectivity index (χ3v) is 4.99. The molecule has 156 valence electrons. The summed E-state index contributed by atoms with van der Waals surface area (Å²) < 4.78 is 21.4. The van der Waals surface area contributed by atoms with Crippen LogP contribution in [-0.4, -0.2) is 20.7 Å². The van der Waals surface area contributed by atoms with Crippen LogP contribution in [0, 0.1) is 5.82 Å². The highest BCUT2D eigenvalue weighted by molar-refractivity contribution is 6.34. The second-order valence-electron chi connectivity index (χ2n) is 6.31. The molecule has 4 rings (SSSR count). The van der Waals surface area contributed by atoms with Crippen LogP contribution in [0.3, 0.4) is 0 Å². The lowest BCUT2D eigenvalue weighted by atomic mass is 10.2. The van der Waals surface area contributed by atoms with Crippen molar-refractivity contribution in [3.8, 4) is 17.2 Å². The van der Waals surface area contributed by atoms with Crippen LogP contribution in [0.1, 0.15) is 10.4 Å². The maximum absolute atomic E-state index is 14.5. The average Bonchev–Trinajstić information content (AvgIpc) is 3.15. The smallest absolute Gasteiger partial charge is 0.260 e. The maximum Gasteiger partial charge on any atom is 0.260 e. The van der Waals surface area contributed by atoms with Gasteiger partial charge in [0.05, 0.1) is 17.4 Å². The fourth-order valence-corrected chi connectivity index (χ4v) is 3.16. The Bertz CT molecular complexity index is 1260. The molecule has 2 aromatic heterocycles. The van der Waals surface area contributed by atoms with E-state index in [2.05, 4.69) is 15.4 Å². The van der Waals surface area contributed by atoms with E-state index in [4.69, 9.17) is 33.7 Å². The minimum Gasteiger partial charge on any atom is -0.453 e. The number of nitrogens with two attached hydrogens (primary N) is 1. The number of nitrogen functional groups attached to an aromatic ring is 1. The molecule has 0 spiro atoms. The SMILES string of the molecule is Nc1nccc(Oc2ccc(NC(=O)c3cnn(-c4ccccc4)c3Cl)cc2F)c1Cl. The van der Waals surface area contributed by atoms with Crippen LogP contribution in [-0.2, 0) is 0 Å². The largest absolute Gasteiger partial charge is 0.453 e. The summed E-state index contributed by atoms with van der Waals surface area (Å²) in [6.07, 6.45) is 2.73. The van der Waals surface area contributed by atoms with E-state index in [1.807, 2.05) is 18.2 Å². The van der Waals surface area contributed by atoms with Crippen LogP contribution in [0.15, 0.2) is 67.0 Å². The number of carbonyl (C=O) groups is 1. The molecule has 0 unspecified atom stereocenters. The fourth-order valence-electron chi connectivity index (χ4n) is 2.73. The van der Waals surface area contributed by atoms with Gasteiger partial charge in [0.1, 0.15) is 16.0 Å². The van der Waals surface area contributed by atoms with E-state index >= 15 is 0 Å². The zero-order chi connectivity index (χ0) is 22.0. The van der Waals surface area contributed by atoms with Gasteiger partial charge in [-0.15, -0.1) is 0 Å². The van der Waals surface area contributed by atoms with Gasteiger partial charge in [-0.05, 0) is 24.3 Å². The van der Waals surface area contributed by atoms with Crippen molar-refractivity contribution in [2.45, 2.75) is 0 Å². The molecule has 0 fully saturated rings. The quantitative estimate of drug-likeness (QED) is 0.421. The Morgan fingerprint density at radius 1 is 1.10 bits per heavy atom. The second-order valence-corrected chi connectivity index (χ2v) is 7.04. The third kappa shape index (κ3) is 4.30. The highest BCUT2D eigenvalue weighted by Gasteiger charge is 2.18. The average molecular weight is 458 g/mol. The van der Waals surface area contributed by atoms with Gasteiger partial charge in [0.2, 0.25) is 0 Å². The van der Waals surface area contributed by atoms with Crippen molar-refractivity contribution in [1.29, 1.82) is 0 Å². The number of halogens is 3. The Balaban J connectivity index is 1.51. The molecule has 0 radical (unpaired) electrons. The van der Waals surface area contributed by atoms with Gasteiger partial charge in [0.25, 0.3) is 5.91 Å². The topological polar surface area (TPSA) is 95.1 Å². The van der Waals surface area contributed by atoms with Crippen LogP contribution in [0.25, 0.3) is 5.69 Å². The first-order chi connectivity index (χ1) is 14.9. The summed E-state index contributed by atoms with van der Waals surface area (Å²) in [6, 6.07) is 14.5. The van der Waals surface area contributed by atoms with Gasteiger partial charge in [0, 0.05) is 24.0 Å². The van der Waals surface area contributed by atoms with Gasteiger partial charge in [-0.2, -0.15) is 5.10 Å². The molecule has 3 N–H and O–H groups in total. The van der Waals surface area contributed by atoms with E-state index in [1.165, 1.54) is 35.3 Å². The number of nitrogens with zero attached hydrogens (tertiary/aromatic N) is 3. The predicted molar refractivity (Wildman–Crippen MR) is 117 cm³/mol. The molecule has 0 aliphatic rings. The summed E-state index contributed by atoms with van der Waals surface area (Å²) in [7, 11) is 0. The number of rotatable bonds is 5. The van der Waals surface area contributed by atoms with E-state index in [-0.39, 0.29) is 38.7 Å². The van der Waals surface area contributed by atoms with E-state index in [1.54, 1.807) is 12.1 Å². The molecule has 0 saturated carbocycles. The number of nitrogens with one attached hydrogen (secondary N) is 1. The standard InChI is InChI=1S/C21H14Cl2FN5O2/c22-18-17(8-9-26-20(18)25)31-16-7-6-12(10-15(16)24)28-21(30)14-11-27-29(19(14)23)13-4-2-1-3-5-13/h1-11H,(H2,25,26)(H,28,30). The lowest BCUT2D eigenvalue weighted by Crippen LogP contribution is -2.12. The molecule has 4 aromatic rings. The highest BCUT2D eigenvalue weighted by atomic mass is 35.5. The number of para-hydroxylation sites is 1. The first kappa shape index (κ1) is 20.6. The summed E-state index contributed by atoms with van der Waals surface area (Å²) >= 11 is 12.3. The molecule has 0 aliphatic heterocycles. The van der Waals surface area contributed by atoms with E-state index in [0.717, 1.165) is 6.07 Å². The van der Waals surface area contributed by atoms with Gasteiger partial charge >= 0.3 is 0 Å². The zero-order valence-electron chi connectivity index (χ0n) is 15.7. The molecule has 10 heteroatoms. The number of carbonyl (C=O) groups excluding carboxylic acids is 1. The van der Waals surface area contributed by atoms with Crippen molar-refractivity contribution in [2.75, 3.05) is 11.1 Å². The van der Waals surface area contributed by atoms with Crippen LogP contribution >= 0.6 is 23.2 Å². The Kier molecular flexibility index (Phi) is 5.75. The fraction of sp³-hybridized carbons (Fsp3) is 0. The minimum absolute atomic E-state index is 0.0661. The van der Waals surface area contributed by atoms with E-state index in [9.17, 15) is 9.18 Å². The molecular weight excluding hydrogens is 444 g/mol. The third-order valence-electron chi connectivity index (χ3n) is 4.25. The van der Waals surface area contributed by atoms with E-state index in [0.29, 0.717) is 5.69 Å². The predicted octanol–water partition coefficient (Wildman–Crippen LogP) is 5.34. The molecule has 31 heavy (non-hydrogen) atoms. The first-order valence-corrected chi connectivity index (χ1v) is 9.67. The number of pyridine rings is 1. The van der Waals surface area contributed by atoms with Crippen molar-refractivity contribution in [2.24, 2.45) is 0 Å². The molecule has 2 heterocycles. The zero-order valence-corrected chi connectivity index (χ0v) is 17.2. The van der Waals surface area contributed by atoms with Crippen LogP contribution in [0.2, 0.25) is 10.2 Å². The van der Waals surface area contributed by atoms with Crippen LogP contribution in [0.5, 0.6) is 11.5 Å². The molecule has 0 aliphatic carbocycles. The number of benzene rings is 2. The number of aromatic nitrogens is 3. The Morgan fingerprint density at radius 2 is 1.87 bits per heavy atom. The first-order valence-electron chi connectivity index (χ1n) is 8.91. The molecular formula is C21H14Cl2FN5O2. The monoisotopic (exact) mass is 457 g/mol. The molecule has 0 bridgehead atoms. The Labute approximate surface area is 186 Å². The lowest BCUT2D eigenvalue weighted by molar-refractivity contribution is 0.102. The van der Waals surface area contributed by atoms with Crippen molar-refractivity contribution >= 4 is 40.6 Å². The maximum atomic E-state index is 14.5. The summed E-state index contributed by atoms with van der Waals surface area (Å²) in [5.41, 5.74) is 6.67. The molecule has 0 atom stereocenters. The van der Waals surface area contributed by atoms with Crippen molar-refractivity contribution < 1.29 is 13.9 Å². The number of hydrogen-bond acceptors (Lipinski definition) is 5. The molecule has 2 aromatic carbocycles. The van der Waals surface area contributed by atoms with Gasteiger partial charge in [-0.25, -0.2) is 14.1 Å². The number of anilines is 2. The highest BCUT2D eigenvalue weighted by Crippen LogP contribution is 2.34. The van der Waals surface area contributed by atoms with Gasteiger partial charge in [-0.3, -0.25) is 4.79 Å². The normalized spacial score (nSPS) is 10.7. The number of hydrogen-bond donors (Lipinski definition) is 2. The Morgan fingerprint density at radius 3 is 2.61 bits per heavy atom. The van der Waals surface area contributed by atoms with Crippen molar-refractivity contribution in [1.82, 2.24) is 14.8 Å². The molecule has 0 saturated heterocycles. The Hall–Kier alpha value is -3.62. The minimum atomic E-state index is -0.713. The number of amides is 1. The summed E-state index contributed by atoms with van der Waals surface area (Å²) in [4.78, 5) is 16.4. The lowest BCUT2D eigenvalue weighted by Gasteiger charge is -2.11. The van der Waals surface area contributed by atoms with Gasteiger partial charge in [0.15, 0.2) is 17.3 Å². The van der Waals surface area contributed by atoms with Crippen molar-refractivity contribution in [3.05, 3.63) is 88.5 Å². The summed E-state index contributed by atoms with van der Waals surface area (Å²) in [5.74, 6) is -1.12. The summed E-state index contributed by atoms with van der Waals surface area (Å²) in [5, 5.41) is 6.94. The van der Waals surface area contributed by atoms with E-state index < -0.39 is 11.7 Å². The van der Waals surface area contributed by atoms with Gasteiger partial charge in [-0.1, -0.05) is 41.4 Å².